The summed E-state index contributed by atoms with van der Waals surface area (Å²) < 4.78 is 5.69. The van der Waals surface area contributed by atoms with Gasteiger partial charge in [-0.2, -0.15) is 0 Å². The van der Waals surface area contributed by atoms with Crippen LogP contribution in [0.3, 0.4) is 0 Å². The van der Waals surface area contributed by atoms with Crippen molar-refractivity contribution < 1.29 is 9.84 Å². The lowest BCUT2D eigenvalue weighted by atomic mass is 10.0. The van der Waals surface area contributed by atoms with E-state index in [0.29, 0.717) is 12.6 Å². The lowest BCUT2D eigenvalue weighted by Gasteiger charge is -2.35. The molecule has 0 bridgehead atoms. The summed E-state index contributed by atoms with van der Waals surface area (Å²) in [5.41, 5.74) is 1.23. The molecule has 1 N–H and O–H groups in total. The van der Waals surface area contributed by atoms with Crippen molar-refractivity contribution in [3.8, 4) is 0 Å². The van der Waals surface area contributed by atoms with Crippen molar-refractivity contribution in [1.82, 2.24) is 4.90 Å². The van der Waals surface area contributed by atoms with E-state index in [4.69, 9.17) is 4.74 Å². The third kappa shape index (κ3) is 4.94. The van der Waals surface area contributed by atoms with Gasteiger partial charge in [0.05, 0.1) is 12.7 Å². The number of hydrogen-bond acceptors (Lipinski definition) is 3. The van der Waals surface area contributed by atoms with E-state index < -0.39 is 0 Å². The van der Waals surface area contributed by atoms with E-state index in [-0.39, 0.29) is 6.10 Å². The molecule has 1 aromatic rings. The van der Waals surface area contributed by atoms with E-state index in [1.807, 2.05) is 18.2 Å². The highest BCUT2D eigenvalue weighted by molar-refractivity contribution is 5.13. The quantitative estimate of drug-likeness (QED) is 0.800. The average Bonchev–Trinajstić information content (AvgIpc) is 2.42. The molecule has 19 heavy (non-hydrogen) atoms. The van der Waals surface area contributed by atoms with Crippen LogP contribution in [0.1, 0.15) is 31.7 Å². The van der Waals surface area contributed by atoms with Gasteiger partial charge in [0.1, 0.15) is 0 Å². The third-order valence-electron chi connectivity index (χ3n) is 3.83. The fraction of sp³-hybridized carbons (Fsp3) is 0.625. The summed E-state index contributed by atoms with van der Waals surface area (Å²) in [5, 5.41) is 9.58. The van der Waals surface area contributed by atoms with Crippen LogP contribution in [0, 0.1) is 0 Å². The van der Waals surface area contributed by atoms with E-state index in [0.717, 1.165) is 39.0 Å². The molecule has 3 heteroatoms. The Morgan fingerprint density at radius 3 is 2.84 bits per heavy atom. The Kier molecular flexibility index (Phi) is 5.83. The zero-order chi connectivity index (χ0) is 13.5. The van der Waals surface area contributed by atoms with Crippen LogP contribution in [0.5, 0.6) is 0 Å². The number of aliphatic hydroxyl groups excluding tert-OH is 1. The minimum atomic E-state index is -0.0967. The highest BCUT2D eigenvalue weighted by Gasteiger charge is 2.23. The third-order valence-corrected chi connectivity index (χ3v) is 3.83. The van der Waals surface area contributed by atoms with Crippen LogP contribution in [-0.4, -0.2) is 41.8 Å². The summed E-state index contributed by atoms with van der Waals surface area (Å²) in [6.07, 6.45) is 2.79. The molecule has 1 saturated heterocycles. The summed E-state index contributed by atoms with van der Waals surface area (Å²) in [4.78, 5) is 2.46. The van der Waals surface area contributed by atoms with Crippen molar-refractivity contribution in [1.29, 1.82) is 0 Å². The van der Waals surface area contributed by atoms with Crippen molar-refractivity contribution in [2.75, 3.05) is 19.7 Å². The van der Waals surface area contributed by atoms with E-state index in [1.54, 1.807) is 0 Å². The molecule has 2 atom stereocenters. The normalized spacial score (nSPS) is 24.5. The first-order chi connectivity index (χ1) is 9.25. The second-order valence-electron chi connectivity index (χ2n) is 5.45. The van der Waals surface area contributed by atoms with Crippen LogP contribution in [0.15, 0.2) is 30.3 Å². The number of rotatable bonds is 6. The molecular weight excluding hydrogens is 238 g/mol. The van der Waals surface area contributed by atoms with Gasteiger partial charge in [-0.15, -0.1) is 0 Å². The number of ether oxygens (including phenoxy) is 1. The molecule has 1 aliphatic heterocycles. The van der Waals surface area contributed by atoms with Crippen LogP contribution >= 0.6 is 0 Å². The van der Waals surface area contributed by atoms with Crippen molar-refractivity contribution in [3.05, 3.63) is 35.9 Å². The predicted molar refractivity (Wildman–Crippen MR) is 77.0 cm³/mol. The van der Waals surface area contributed by atoms with E-state index in [1.165, 1.54) is 5.56 Å². The Balaban J connectivity index is 1.57. The lowest BCUT2D eigenvalue weighted by Crippen LogP contribution is -2.43. The van der Waals surface area contributed by atoms with Gasteiger partial charge in [0, 0.05) is 25.7 Å². The van der Waals surface area contributed by atoms with Crippen molar-refractivity contribution >= 4 is 0 Å². The second kappa shape index (κ2) is 7.63. The minimum absolute atomic E-state index is 0.0967. The SMILES string of the molecule is CC1CC(O)CCN1CCCOCc1ccccc1. The Morgan fingerprint density at radius 2 is 2.11 bits per heavy atom. The Bertz CT molecular complexity index is 355. The largest absolute Gasteiger partial charge is 0.393 e. The number of likely N-dealkylation sites (tertiary alicyclic amines) is 1. The molecule has 106 valence electrons. The molecule has 1 aliphatic rings. The van der Waals surface area contributed by atoms with Crippen LogP contribution in [-0.2, 0) is 11.3 Å². The molecule has 2 unspecified atom stereocenters. The lowest BCUT2D eigenvalue weighted by molar-refractivity contribution is 0.0396. The highest BCUT2D eigenvalue weighted by Crippen LogP contribution is 2.17. The first-order valence-electron chi connectivity index (χ1n) is 7.29. The number of hydrogen-bond donors (Lipinski definition) is 1. The Morgan fingerprint density at radius 1 is 1.32 bits per heavy atom. The molecule has 0 aliphatic carbocycles. The monoisotopic (exact) mass is 263 g/mol. The smallest absolute Gasteiger partial charge is 0.0716 e. The number of benzene rings is 1. The Labute approximate surface area is 116 Å². The van der Waals surface area contributed by atoms with Gasteiger partial charge in [0.15, 0.2) is 0 Å². The van der Waals surface area contributed by atoms with Gasteiger partial charge in [-0.05, 0) is 31.7 Å². The van der Waals surface area contributed by atoms with Crippen molar-refractivity contribution in [2.45, 2.75) is 44.9 Å². The molecule has 0 saturated carbocycles. The maximum absolute atomic E-state index is 9.58. The molecule has 0 spiro atoms. The van der Waals surface area contributed by atoms with Crippen LogP contribution in [0.25, 0.3) is 0 Å². The standard InChI is InChI=1S/C16H25NO2/c1-14-12-16(18)8-10-17(14)9-5-11-19-13-15-6-3-2-4-7-15/h2-4,6-7,14,16,18H,5,8-13H2,1H3. The Hall–Kier alpha value is -0.900. The zero-order valence-corrected chi connectivity index (χ0v) is 11.8. The number of aliphatic hydroxyl groups is 1. The maximum atomic E-state index is 9.58. The molecule has 0 radical (unpaired) electrons. The van der Waals surface area contributed by atoms with Gasteiger partial charge >= 0.3 is 0 Å². The number of nitrogens with zero attached hydrogens (tertiary/aromatic N) is 1. The molecule has 0 amide bonds. The van der Waals surface area contributed by atoms with Gasteiger partial charge in [0.2, 0.25) is 0 Å². The molecular formula is C16H25NO2. The molecule has 2 rings (SSSR count). The van der Waals surface area contributed by atoms with Gasteiger partial charge < -0.3 is 14.7 Å². The molecule has 1 fully saturated rings. The summed E-state index contributed by atoms with van der Waals surface area (Å²) in [6.45, 7) is 5.80. The van der Waals surface area contributed by atoms with Crippen molar-refractivity contribution in [3.63, 3.8) is 0 Å². The maximum Gasteiger partial charge on any atom is 0.0716 e. The average molecular weight is 263 g/mol. The fourth-order valence-electron chi connectivity index (χ4n) is 2.66. The summed E-state index contributed by atoms with van der Waals surface area (Å²) >= 11 is 0. The first kappa shape index (κ1) is 14.5. The second-order valence-corrected chi connectivity index (χ2v) is 5.45. The molecule has 1 aromatic carbocycles. The van der Waals surface area contributed by atoms with Crippen LogP contribution < -0.4 is 0 Å². The van der Waals surface area contributed by atoms with E-state index >= 15 is 0 Å². The van der Waals surface area contributed by atoms with Gasteiger partial charge in [0.25, 0.3) is 0 Å². The van der Waals surface area contributed by atoms with Gasteiger partial charge in [-0.1, -0.05) is 30.3 Å². The van der Waals surface area contributed by atoms with Crippen LogP contribution in [0.4, 0.5) is 0 Å². The summed E-state index contributed by atoms with van der Waals surface area (Å²) in [6, 6.07) is 10.8. The predicted octanol–water partition coefficient (Wildman–Crippen LogP) is 2.44. The fourth-order valence-corrected chi connectivity index (χ4v) is 2.66. The highest BCUT2D eigenvalue weighted by atomic mass is 16.5. The number of piperidine rings is 1. The van der Waals surface area contributed by atoms with Crippen LogP contribution in [0.2, 0.25) is 0 Å². The first-order valence-corrected chi connectivity index (χ1v) is 7.29. The molecule has 0 aromatic heterocycles. The molecule has 1 heterocycles. The summed E-state index contributed by atoms with van der Waals surface area (Å²) in [5.74, 6) is 0. The zero-order valence-electron chi connectivity index (χ0n) is 11.8. The van der Waals surface area contributed by atoms with Gasteiger partial charge in [-0.25, -0.2) is 0 Å². The molecule has 3 nitrogen and oxygen atoms in total. The van der Waals surface area contributed by atoms with E-state index in [2.05, 4.69) is 24.0 Å². The topological polar surface area (TPSA) is 32.7 Å². The van der Waals surface area contributed by atoms with E-state index in [9.17, 15) is 5.11 Å². The van der Waals surface area contributed by atoms with Gasteiger partial charge in [-0.3, -0.25) is 0 Å². The summed E-state index contributed by atoms with van der Waals surface area (Å²) in [7, 11) is 0. The van der Waals surface area contributed by atoms with Crippen molar-refractivity contribution in [2.24, 2.45) is 0 Å². The minimum Gasteiger partial charge on any atom is -0.393 e.